The third-order valence-electron chi connectivity index (χ3n) is 4.11. The lowest BCUT2D eigenvalue weighted by Crippen LogP contribution is -2.48. The van der Waals surface area contributed by atoms with Gasteiger partial charge in [0.05, 0.1) is 11.5 Å². The maximum Gasteiger partial charge on any atom is 0.0502 e. The molecule has 0 spiro atoms. The SMILES string of the molecule is OS1(O)CCN(C[C@@H]2Cc3ccccc3CN2)CC1. The van der Waals surface area contributed by atoms with Crippen LogP contribution < -0.4 is 5.32 Å². The molecule has 0 aromatic heterocycles. The molecule has 0 bridgehead atoms. The van der Waals surface area contributed by atoms with E-state index in [0.29, 0.717) is 17.5 Å². The Kier molecular flexibility index (Phi) is 3.82. The summed E-state index contributed by atoms with van der Waals surface area (Å²) in [5, 5.41) is 3.58. The summed E-state index contributed by atoms with van der Waals surface area (Å²) in [6.07, 6.45) is 1.07. The highest BCUT2D eigenvalue weighted by atomic mass is 32.3. The van der Waals surface area contributed by atoms with Crippen LogP contribution in [-0.2, 0) is 13.0 Å². The van der Waals surface area contributed by atoms with Crippen molar-refractivity contribution in [3.8, 4) is 0 Å². The number of fused-ring (bicyclic) bond motifs is 1. The van der Waals surface area contributed by atoms with E-state index in [2.05, 4.69) is 34.5 Å². The number of rotatable bonds is 2. The van der Waals surface area contributed by atoms with Crippen LogP contribution in [0.5, 0.6) is 0 Å². The first kappa shape index (κ1) is 13.4. The molecule has 19 heavy (non-hydrogen) atoms. The van der Waals surface area contributed by atoms with Crippen LogP contribution in [0.2, 0.25) is 0 Å². The third kappa shape index (κ3) is 3.30. The number of nitrogens with zero attached hydrogens (tertiary/aromatic N) is 1. The van der Waals surface area contributed by atoms with Crippen LogP contribution in [-0.4, -0.2) is 51.2 Å². The maximum atomic E-state index is 9.62. The smallest absolute Gasteiger partial charge is 0.0502 e. The summed E-state index contributed by atoms with van der Waals surface area (Å²) >= 11 is 0. The second-order valence-electron chi connectivity index (χ2n) is 5.56. The normalized spacial score (nSPS) is 28.6. The van der Waals surface area contributed by atoms with Crippen molar-refractivity contribution in [3.63, 3.8) is 0 Å². The maximum absolute atomic E-state index is 9.62. The molecule has 1 fully saturated rings. The van der Waals surface area contributed by atoms with Crippen LogP contribution in [0.4, 0.5) is 0 Å². The van der Waals surface area contributed by atoms with E-state index < -0.39 is 10.6 Å². The quantitative estimate of drug-likeness (QED) is 0.774. The molecule has 5 heteroatoms. The predicted molar refractivity (Wildman–Crippen MR) is 79.8 cm³/mol. The number of hydrogen-bond acceptors (Lipinski definition) is 4. The van der Waals surface area contributed by atoms with Gasteiger partial charge in [0.1, 0.15) is 0 Å². The molecule has 2 aliphatic rings. The van der Waals surface area contributed by atoms with E-state index in [1.54, 1.807) is 0 Å². The Morgan fingerprint density at radius 1 is 1.16 bits per heavy atom. The highest BCUT2D eigenvalue weighted by Gasteiger charge is 2.25. The highest BCUT2D eigenvalue weighted by molar-refractivity contribution is 8.24. The van der Waals surface area contributed by atoms with Crippen LogP contribution in [0.25, 0.3) is 0 Å². The molecule has 3 N–H and O–H groups in total. The molecule has 2 aliphatic heterocycles. The molecular formula is C14H22N2O2S. The van der Waals surface area contributed by atoms with Crippen molar-refractivity contribution >= 4 is 10.6 Å². The molecule has 0 amide bonds. The van der Waals surface area contributed by atoms with E-state index in [-0.39, 0.29) is 0 Å². The molecule has 1 saturated heterocycles. The van der Waals surface area contributed by atoms with Gasteiger partial charge in [-0.3, -0.25) is 14.0 Å². The fourth-order valence-corrected chi connectivity index (χ4v) is 4.21. The third-order valence-corrected chi connectivity index (χ3v) is 5.79. The van der Waals surface area contributed by atoms with Crippen molar-refractivity contribution in [2.75, 3.05) is 31.1 Å². The number of benzene rings is 1. The van der Waals surface area contributed by atoms with Gasteiger partial charge in [-0.05, 0) is 17.5 Å². The molecular weight excluding hydrogens is 260 g/mol. The molecule has 3 rings (SSSR count). The lowest BCUT2D eigenvalue weighted by Gasteiger charge is -2.42. The molecule has 1 aromatic rings. The van der Waals surface area contributed by atoms with Crippen LogP contribution >= 0.6 is 10.6 Å². The van der Waals surface area contributed by atoms with Gasteiger partial charge in [-0.1, -0.05) is 24.3 Å². The molecule has 0 saturated carbocycles. The second-order valence-corrected chi connectivity index (χ2v) is 7.98. The first-order chi connectivity index (χ1) is 9.12. The van der Waals surface area contributed by atoms with Gasteiger partial charge in [0.25, 0.3) is 0 Å². The van der Waals surface area contributed by atoms with Gasteiger partial charge in [0.15, 0.2) is 0 Å². The average molecular weight is 282 g/mol. The van der Waals surface area contributed by atoms with E-state index in [1.807, 2.05) is 0 Å². The van der Waals surface area contributed by atoms with Gasteiger partial charge in [0.2, 0.25) is 0 Å². The zero-order valence-corrected chi connectivity index (χ0v) is 11.9. The lowest BCUT2D eigenvalue weighted by atomic mass is 9.95. The summed E-state index contributed by atoms with van der Waals surface area (Å²) in [5.74, 6) is 1.08. The van der Waals surface area contributed by atoms with Crippen molar-refractivity contribution in [2.45, 2.75) is 19.0 Å². The molecule has 4 nitrogen and oxygen atoms in total. The van der Waals surface area contributed by atoms with Gasteiger partial charge in [-0.15, -0.1) is 0 Å². The monoisotopic (exact) mass is 282 g/mol. The first-order valence-corrected chi connectivity index (χ1v) is 8.77. The second kappa shape index (κ2) is 5.42. The Balaban J connectivity index is 1.55. The van der Waals surface area contributed by atoms with Crippen molar-refractivity contribution in [2.24, 2.45) is 0 Å². The van der Waals surface area contributed by atoms with E-state index in [1.165, 1.54) is 11.1 Å². The molecule has 106 valence electrons. The molecule has 1 aromatic carbocycles. The van der Waals surface area contributed by atoms with Crippen molar-refractivity contribution in [1.82, 2.24) is 10.2 Å². The van der Waals surface area contributed by atoms with Crippen molar-refractivity contribution in [3.05, 3.63) is 35.4 Å². The summed E-state index contributed by atoms with van der Waals surface area (Å²) < 4.78 is 19.2. The van der Waals surface area contributed by atoms with Gasteiger partial charge in [-0.25, -0.2) is 0 Å². The lowest BCUT2D eigenvalue weighted by molar-refractivity contribution is 0.246. The van der Waals surface area contributed by atoms with Gasteiger partial charge in [0, 0.05) is 32.2 Å². The van der Waals surface area contributed by atoms with Gasteiger partial charge in [-0.2, -0.15) is 10.6 Å². The van der Waals surface area contributed by atoms with E-state index in [9.17, 15) is 9.11 Å². The Morgan fingerprint density at radius 2 is 1.84 bits per heavy atom. The summed E-state index contributed by atoms with van der Waals surface area (Å²) in [5.41, 5.74) is 2.86. The Bertz CT molecular complexity index is 443. The summed E-state index contributed by atoms with van der Waals surface area (Å²) in [6.45, 7) is 3.57. The Labute approximate surface area is 116 Å². The Morgan fingerprint density at radius 3 is 2.58 bits per heavy atom. The standard InChI is InChI=1S/C14H22N2O2S/c17-19(18)7-5-16(6-8-19)11-14-9-12-3-1-2-4-13(12)10-15-14/h1-4,14-15,17-18H,5-11H2/t14-/m0/s1. The fourth-order valence-electron chi connectivity index (χ4n) is 2.91. The summed E-state index contributed by atoms with van der Waals surface area (Å²) in [4.78, 5) is 2.35. The summed E-state index contributed by atoms with van der Waals surface area (Å²) in [7, 11) is -2.27. The van der Waals surface area contributed by atoms with Gasteiger partial charge >= 0.3 is 0 Å². The number of nitrogens with one attached hydrogen (secondary N) is 1. The molecule has 1 atom stereocenters. The minimum Gasteiger partial charge on any atom is -0.308 e. The highest BCUT2D eigenvalue weighted by Crippen LogP contribution is 2.40. The summed E-state index contributed by atoms with van der Waals surface area (Å²) in [6, 6.07) is 9.09. The molecule has 2 heterocycles. The first-order valence-electron chi connectivity index (χ1n) is 6.88. The Hall–Kier alpha value is -0.590. The zero-order chi connectivity index (χ0) is 13.3. The minimum absolute atomic E-state index is 0.481. The predicted octanol–water partition coefficient (Wildman–Crippen LogP) is 1.77. The molecule has 0 unspecified atom stereocenters. The van der Waals surface area contributed by atoms with E-state index in [0.717, 1.165) is 32.6 Å². The van der Waals surface area contributed by atoms with Crippen LogP contribution in [0.1, 0.15) is 11.1 Å². The van der Waals surface area contributed by atoms with Crippen molar-refractivity contribution in [1.29, 1.82) is 0 Å². The van der Waals surface area contributed by atoms with E-state index >= 15 is 0 Å². The van der Waals surface area contributed by atoms with Gasteiger partial charge < -0.3 is 5.32 Å². The van der Waals surface area contributed by atoms with Crippen LogP contribution in [0.15, 0.2) is 24.3 Å². The average Bonchev–Trinajstić information content (AvgIpc) is 2.41. The van der Waals surface area contributed by atoms with Crippen molar-refractivity contribution < 1.29 is 9.11 Å². The number of hydrogen-bond donors (Lipinski definition) is 3. The fraction of sp³-hybridized carbons (Fsp3) is 0.571. The minimum atomic E-state index is -2.27. The van der Waals surface area contributed by atoms with Crippen LogP contribution in [0.3, 0.4) is 0 Å². The largest absolute Gasteiger partial charge is 0.308 e. The van der Waals surface area contributed by atoms with Crippen LogP contribution in [0, 0.1) is 0 Å². The zero-order valence-electron chi connectivity index (χ0n) is 11.1. The topological polar surface area (TPSA) is 55.7 Å². The molecule has 0 radical (unpaired) electrons. The molecule has 0 aliphatic carbocycles. The van der Waals surface area contributed by atoms with E-state index in [4.69, 9.17) is 0 Å².